The minimum Gasteiger partial charge on any atom is -0.349 e. The highest BCUT2D eigenvalue weighted by Gasteiger charge is 2.45. The number of carbonyl (C=O) groups excluding carboxylic acids is 1. The highest BCUT2D eigenvalue weighted by molar-refractivity contribution is 6.35. The Morgan fingerprint density at radius 3 is 2.57 bits per heavy atom. The highest BCUT2D eigenvalue weighted by atomic mass is 35.5. The lowest BCUT2D eigenvalue weighted by molar-refractivity contribution is -0.110. The third-order valence-corrected chi connectivity index (χ3v) is 3.08. The van der Waals surface area contributed by atoms with Gasteiger partial charge in [0.1, 0.15) is 0 Å². The molecule has 0 radical (unpaired) electrons. The van der Waals surface area contributed by atoms with Crippen molar-refractivity contribution < 1.29 is 4.79 Å². The van der Waals surface area contributed by atoms with Crippen LogP contribution in [0, 0.1) is 0 Å². The van der Waals surface area contributed by atoms with E-state index in [4.69, 9.17) is 23.2 Å². The van der Waals surface area contributed by atoms with Crippen LogP contribution in [0.2, 0.25) is 10.0 Å². The summed E-state index contributed by atoms with van der Waals surface area (Å²) in [6.45, 7) is 0. The van der Waals surface area contributed by atoms with E-state index in [9.17, 15) is 4.79 Å². The largest absolute Gasteiger partial charge is 0.349 e. The van der Waals surface area contributed by atoms with Crippen LogP contribution in [0.25, 0.3) is 0 Å². The van der Waals surface area contributed by atoms with Gasteiger partial charge in [0, 0.05) is 10.0 Å². The van der Waals surface area contributed by atoms with Crippen LogP contribution < -0.4 is 5.32 Å². The lowest BCUT2D eigenvalue weighted by Crippen LogP contribution is -2.27. The topological polar surface area (TPSA) is 29.1 Å². The van der Waals surface area contributed by atoms with Crippen LogP contribution in [0.4, 0.5) is 0 Å². The van der Waals surface area contributed by atoms with E-state index >= 15 is 0 Å². The van der Waals surface area contributed by atoms with Crippen molar-refractivity contribution in [2.45, 2.75) is 18.4 Å². The van der Waals surface area contributed by atoms with Crippen LogP contribution in [0.3, 0.4) is 0 Å². The molecule has 0 spiro atoms. The van der Waals surface area contributed by atoms with E-state index < -0.39 is 0 Å². The molecule has 0 aromatic heterocycles. The molecule has 1 saturated carbocycles. The Labute approximate surface area is 92.2 Å². The molecule has 14 heavy (non-hydrogen) atoms. The van der Waals surface area contributed by atoms with Gasteiger partial charge in [-0.25, -0.2) is 0 Å². The zero-order valence-electron chi connectivity index (χ0n) is 7.39. The first kappa shape index (κ1) is 9.81. The first-order chi connectivity index (χ1) is 6.68. The van der Waals surface area contributed by atoms with Gasteiger partial charge in [0.2, 0.25) is 6.41 Å². The van der Waals surface area contributed by atoms with Crippen LogP contribution in [0.1, 0.15) is 18.4 Å². The van der Waals surface area contributed by atoms with Gasteiger partial charge in [-0.2, -0.15) is 0 Å². The third-order valence-electron chi connectivity index (χ3n) is 2.53. The molecule has 0 unspecified atom stereocenters. The van der Waals surface area contributed by atoms with E-state index in [1.165, 1.54) is 0 Å². The van der Waals surface area contributed by atoms with Gasteiger partial charge in [-0.05, 0) is 30.5 Å². The second kappa shape index (κ2) is 3.44. The summed E-state index contributed by atoms with van der Waals surface area (Å²) in [7, 11) is 0. The summed E-state index contributed by atoms with van der Waals surface area (Å²) < 4.78 is 0. The smallest absolute Gasteiger partial charge is 0.207 e. The van der Waals surface area contributed by atoms with Crippen molar-refractivity contribution in [2.24, 2.45) is 0 Å². The molecule has 0 heterocycles. The average molecular weight is 230 g/mol. The van der Waals surface area contributed by atoms with Gasteiger partial charge in [-0.1, -0.05) is 29.3 Å². The zero-order chi connectivity index (χ0) is 10.2. The second-order valence-corrected chi connectivity index (χ2v) is 4.31. The summed E-state index contributed by atoms with van der Waals surface area (Å²) in [6, 6.07) is 5.36. The minimum atomic E-state index is -0.233. The Hall–Kier alpha value is -0.730. The Bertz CT molecular complexity index is 374. The van der Waals surface area contributed by atoms with E-state index in [1.54, 1.807) is 12.1 Å². The zero-order valence-corrected chi connectivity index (χ0v) is 8.90. The molecule has 2 rings (SSSR count). The van der Waals surface area contributed by atoms with E-state index in [-0.39, 0.29) is 5.54 Å². The number of hydrogen-bond acceptors (Lipinski definition) is 1. The number of carbonyl (C=O) groups is 1. The van der Waals surface area contributed by atoms with Crippen LogP contribution in [0.15, 0.2) is 18.2 Å². The molecule has 1 aliphatic rings. The van der Waals surface area contributed by atoms with Crippen LogP contribution in [-0.4, -0.2) is 6.41 Å². The van der Waals surface area contributed by atoms with Gasteiger partial charge >= 0.3 is 0 Å². The van der Waals surface area contributed by atoms with Gasteiger partial charge < -0.3 is 5.32 Å². The molecular formula is C10H9Cl2NO. The Morgan fingerprint density at radius 1 is 1.36 bits per heavy atom. The molecule has 2 nitrogen and oxygen atoms in total. The van der Waals surface area contributed by atoms with Gasteiger partial charge in [-0.15, -0.1) is 0 Å². The average Bonchev–Trinajstić information content (AvgIpc) is 2.86. The number of benzene rings is 1. The van der Waals surface area contributed by atoms with Gasteiger partial charge in [0.25, 0.3) is 0 Å². The molecule has 74 valence electrons. The van der Waals surface area contributed by atoms with Crippen molar-refractivity contribution in [3.05, 3.63) is 33.8 Å². The maximum atomic E-state index is 10.4. The van der Waals surface area contributed by atoms with Crippen molar-refractivity contribution in [1.82, 2.24) is 5.32 Å². The Balaban J connectivity index is 2.36. The number of halogens is 2. The Kier molecular flexibility index (Phi) is 2.41. The van der Waals surface area contributed by atoms with Crippen molar-refractivity contribution >= 4 is 29.6 Å². The summed E-state index contributed by atoms with van der Waals surface area (Å²) >= 11 is 11.8. The summed E-state index contributed by atoms with van der Waals surface area (Å²) in [5.41, 5.74) is 0.722. The summed E-state index contributed by atoms with van der Waals surface area (Å²) in [5.74, 6) is 0. The molecule has 4 heteroatoms. The SMILES string of the molecule is O=CNC1(c2ccc(Cl)cc2Cl)CC1. The van der Waals surface area contributed by atoms with Crippen LogP contribution in [-0.2, 0) is 10.3 Å². The molecule has 0 saturated heterocycles. The fourth-order valence-electron chi connectivity index (χ4n) is 1.61. The number of amides is 1. The first-order valence-corrected chi connectivity index (χ1v) is 5.10. The summed E-state index contributed by atoms with van der Waals surface area (Å²) in [6.07, 6.45) is 2.60. The molecule has 1 aromatic carbocycles. The third kappa shape index (κ3) is 1.60. The molecule has 0 bridgehead atoms. The van der Waals surface area contributed by atoms with Crippen molar-refractivity contribution in [2.75, 3.05) is 0 Å². The predicted molar refractivity (Wildman–Crippen MR) is 56.6 cm³/mol. The summed E-state index contributed by atoms with van der Waals surface area (Å²) in [4.78, 5) is 10.4. The van der Waals surface area contributed by atoms with Crippen molar-refractivity contribution in [3.63, 3.8) is 0 Å². The fraction of sp³-hybridized carbons (Fsp3) is 0.300. The maximum Gasteiger partial charge on any atom is 0.207 e. The molecule has 1 aliphatic carbocycles. The quantitative estimate of drug-likeness (QED) is 0.794. The Morgan fingerprint density at radius 2 is 2.07 bits per heavy atom. The highest BCUT2D eigenvalue weighted by Crippen LogP contribution is 2.47. The van der Waals surface area contributed by atoms with Crippen molar-refractivity contribution in [1.29, 1.82) is 0 Å². The van der Waals surface area contributed by atoms with Gasteiger partial charge in [0.05, 0.1) is 5.54 Å². The molecule has 1 N–H and O–H groups in total. The first-order valence-electron chi connectivity index (χ1n) is 4.35. The number of hydrogen-bond donors (Lipinski definition) is 1. The maximum absolute atomic E-state index is 10.4. The predicted octanol–water partition coefficient (Wildman–Crippen LogP) is 2.73. The normalized spacial score (nSPS) is 17.6. The molecule has 0 atom stereocenters. The lowest BCUT2D eigenvalue weighted by atomic mass is 10.1. The van der Waals surface area contributed by atoms with E-state index in [1.807, 2.05) is 6.07 Å². The lowest BCUT2D eigenvalue weighted by Gasteiger charge is -2.16. The van der Waals surface area contributed by atoms with Gasteiger partial charge in [0.15, 0.2) is 0 Å². The van der Waals surface area contributed by atoms with E-state index in [2.05, 4.69) is 5.32 Å². The molecule has 1 fully saturated rings. The van der Waals surface area contributed by atoms with Gasteiger partial charge in [-0.3, -0.25) is 4.79 Å². The van der Waals surface area contributed by atoms with Crippen LogP contribution >= 0.6 is 23.2 Å². The second-order valence-electron chi connectivity index (χ2n) is 3.47. The monoisotopic (exact) mass is 229 g/mol. The van der Waals surface area contributed by atoms with Crippen molar-refractivity contribution in [3.8, 4) is 0 Å². The number of nitrogens with one attached hydrogen (secondary N) is 1. The molecule has 1 aromatic rings. The fourth-order valence-corrected chi connectivity index (χ4v) is 2.20. The van der Waals surface area contributed by atoms with Crippen LogP contribution in [0.5, 0.6) is 0 Å². The van der Waals surface area contributed by atoms with E-state index in [0.29, 0.717) is 10.0 Å². The number of rotatable bonds is 3. The molecular weight excluding hydrogens is 221 g/mol. The minimum absolute atomic E-state index is 0.233. The molecule has 0 aliphatic heterocycles. The molecule has 1 amide bonds. The standard InChI is InChI=1S/C10H9Cl2NO/c11-7-1-2-8(9(12)5-7)10(3-4-10)13-6-14/h1-2,5-6H,3-4H2,(H,13,14). The van der Waals surface area contributed by atoms with E-state index in [0.717, 1.165) is 24.8 Å². The summed E-state index contributed by atoms with van der Waals surface area (Å²) in [5, 5.41) is 4.03.